The SMILES string of the molecule is Cc1ccc(CNCCCOCC(C)C)s1. The Labute approximate surface area is 103 Å². The van der Waals surface area contributed by atoms with Gasteiger partial charge in [0, 0.05) is 29.5 Å². The third-order valence-electron chi connectivity index (χ3n) is 2.19. The summed E-state index contributed by atoms with van der Waals surface area (Å²) in [5.74, 6) is 0.641. The zero-order chi connectivity index (χ0) is 11.8. The third kappa shape index (κ3) is 6.26. The quantitative estimate of drug-likeness (QED) is 0.706. The lowest BCUT2D eigenvalue weighted by atomic mass is 10.2. The van der Waals surface area contributed by atoms with E-state index >= 15 is 0 Å². The molecule has 0 saturated heterocycles. The van der Waals surface area contributed by atoms with E-state index in [4.69, 9.17) is 4.74 Å². The van der Waals surface area contributed by atoms with Crippen LogP contribution in [0.5, 0.6) is 0 Å². The maximum absolute atomic E-state index is 5.51. The molecule has 0 atom stereocenters. The lowest BCUT2D eigenvalue weighted by Crippen LogP contribution is -2.16. The van der Waals surface area contributed by atoms with Crippen LogP contribution in [0, 0.1) is 12.8 Å². The molecule has 2 nitrogen and oxygen atoms in total. The summed E-state index contributed by atoms with van der Waals surface area (Å²) < 4.78 is 5.51. The van der Waals surface area contributed by atoms with Gasteiger partial charge in [0.2, 0.25) is 0 Å². The van der Waals surface area contributed by atoms with Gasteiger partial charge in [-0.1, -0.05) is 13.8 Å². The van der Waals surface area contributed by atoms with Crippen LogP contribution in [-0.4, -0.2) is 19.8 Å². The van der Waals surface area contributed by atoms with E-state index in [1.165, 1.54) is 9.75 Å². The predicted octanol–water partition coefficient (Wildman–Crippen LogP) is 3.21. The van der Waals surface area contributed by atoms with Crippen molar-refractivity contribution < 1.29 is 4.74 Å². The van der Waals surface area contributed by atoms with E-state index < -0.39 is 0 Å². The number of ether oxygens (including phenoxy) is 1. The first-order valence-corrected chi connectivity index (χ1v) is 6.84. The van der Waals surface area contributed by atoms with Crippen molar-refractivity contribution in [2.45, 2.75) is 33.7 Å². The van der Waals surface area contributed by atoms with Crippen LogP contribution in [-0.2, 0) is 11.3 Å². The zero-order valence-electron chi connectivity index (χ0n) is 10.6. The minimum absolute atomic E-state index is 0.641. The molecule has 0 bridgehead atoms. The molecule has 0 aromatic carbocycles. The van der Waals surface area contributed by atoms with E-state index in [0.29, 0.717) is 5.92 Å². The van der Waals surface area contributed by atoms with Gasteiger partial charge in [-0.2, -0.15) is 0 Å². The average Bonchev–Trinajstić information content (AvgIpc) is 2.62. The molecule has 0 aliphatic heterocycles. The van der Waals surface area contributed by atoms with Gasteiger partial charge in [-0.3, -0.25) is 0 Å². The van der Waals surface area contributed by atoms with E-state index in [1.807, 2.05) is 11.3 Å². The summed E-state index contributed by atoms with van der Waals surface area (Å²) >= 11 is 1.87. The first kappa shape index (κ1) is 13.7. The van der Waals surface area contributed by atoms with Gasteiger partial charge in [0.05, 0.1) is 0 Å². The van der Waals surface area contributed by atoms with Crippen molar-refractivity contribution in [3.8, 4) is 0 Å². The van der Waals surface area contributed by atoms with Crippen molar-refractivity contribution in [1.29, 1.82) is 0 Å². The Balaban J connectivity index is 1.92. The van der Waals surface area contributed by atoms with Gasteiger partial charge in [0.25, 0.3) is 0 Å². The molecule has 1 N–H and O–H groups in total. The van der Waals surface area contributed by atoms with Gasteiger partial charge in [0.1, 0.15) is 0 Å². The second kappa shape index (κ2) is 7.82. The number of hydrogen-bond donors (Lipinski definition) is 1. The topological polar surface area (TPSA) is 21.3 Å². The molecule has 0 unspecified atom stereocenters. The van der Waals surface area contributed by atoms with Gasteiger partial charge in [0.15, 0.2) is 0 Å². The molecular weight excluding hydrogens is 218 g/mol. The Morgan fingerprint density at radius 1 is 1.38 bits per heavy atom. The minimum Gasteiger partial charge on any atom is -0.381 e. The van der Waals surface area contributed by atoms with Gasteiger partial charge < -0.3 is 10.1 Å². The Bertz CT molecular complexity index is 283. The lowest BCUT2D eigenvalue weighted by molar-refractivity contribution is 0.108. The number of aryl methyl sites for hydroxylation is 1. The van der Waals surface area contributed by atoms with Crippen LogP contribution < -0.4 is 5.32 Å². The molecule has 92 valence electrons. The number of thiophene rings is 1. The fourth-order valence-electron chi connectivity index (χ4n) is 1.41. The normalized spacial score (nSPS) is 11.2. The molecule has 0 aliphatic rings. The smallest absolute Gasteiger partial charge is 0.0489 e. The van der Waals surface area contributed by atoms with E-state index in [9.17, 15) is 0 Å². The van der Waals surface area contributed by atoms with Gasteiger partial charge in [-0.25, -0.2) is 0 Å². The van der Waals surface area contributed by atoms with E-state index in [-0.39, 0.29) is 0 Å². The van der Waals surface area contributed by atoms with Crippen molar-refractivity contribution in [3.63, 3.8) is 0 Å². The molecule has 0 aliphatic carbocycles. The Morgan fingerprint density at radius 3 is 2.81 bits per heavy atom. The molecule has 0 saturated carbocycles. The molecule has 1 aromatic heterocycles. The molecule has 0 radical (unpaired) electrons. The molecule has 1 rings (SSSR count). The van der Waals surface area contributed by atoms with Crippen LogP contribution in [0.2, 0.25) is 0 Å². The second-order valence-corrected chi connectivity index (χ2v) is 5.88. The maximum atomic E-state index is 5.51. The first-order chi connectivity index (χ1) is 7.68. The standard InChI is InChI=1S/C13H23NOS/c1-11(2)10-15-8-4-7-14-9-13-6-5-12(3)16-13/h5-6,11,14H,4,7-10H2,1-3H3. The zero-order valence-corrected chi connectivity index (χ0v) is 11.4. The van der Waals surface area contributed by atoms with Crippen molar-refractivity contribution in [2.75, 3.05) is 19.8 Å². The van der Waals surface area contributed by atoms with Gasteiger partial charge >= 0.3 is 0 Å². The minimum atomic E-state index is 0.641. The highest BCUT2D eigenvalue weighted by Crippen LogP contribution is 2.14. The number of hydrogen-bond acceptors (Lipinski definition) is 3. The summed E-state index contributed by atoms with van der Waals surface area (Å²) in [5, 5.41) is 3.43. The Kier molecular flexibility index (Phi) is 6.69. The van der Waals surface area contributed by atoms with Gasteiger partial charge in [-0.15, -0.1) is 11.3 Å². The number of nitrogens with one attached hydrogen (secondary N) is 1. The Hall–Kier alpha value is -0.380. The fraction of sp³-hybridized carbons (Fsp3) is 0.692. The van der Waals surface area contributed by atoms with Crippen molar-refractivity contribution >= 4 is 11.3 Å². The van der Waals surface area contributed by atoms with Crippen LogP contribution in [0.1, 0.15) is 30.0 Å². The summed E-state index contributed by atoms with van der Waals surface area (Å²) in [7, 11) is 0. The monoisotopic (exact) mass is 241 g/mol. The van der Waals surface area contributed by atoms with E-state index in [2.05, 4.69) is 38.2 Å². The third-order valence-corrected chi connectivity index (χ3v) is 3.19. The summed E-state index contributed by atoms with van der Waals surface area (Å²) in [5.41, 5.74) is 0. The molecule has 1 aromatic rings. The van der Waals surface area contributed by atoms with Crippen LogP contribution >= 0.6 is 11.3 Å². The highest BCUT2D eigenvalue weighted by atomic mass is 32.1. The van der Waals surface area contributed by atoms with Crippen molar-refractivity contribution in [2.24, 2.45) is 5.92 Å². The van der Waals surface area contributed by atoms with E-state index in [0.717, 1.165) is 32.7 Å². The largest absolute Gasteiger partial charge is 0.381 e. The van der Waals surface area contributed by atoms with Gasteiger partial charge in [-0.05, 0) is 37.9 Å². The summed E-state index contributed by atoms with van der Waals surface area (Å²) in [4.78, 5) is 2.80. The number of rotatable bonds is 8. The average molecular weight is 241 g/mol. The highest BCUT2D eigenvalue weighted by molar-refractivity contribution is 7.11. The molecule has 1 heterocycles. The lowest BCUT2D eigenvalue weighted by Gasteiger charge is -2.07. The van der Waals surface area contributed by atoms with Crippen molar-refractivity contribution in [1.82, 2.24) is 5.32 Å². The molecular formula is C13H23NOS. The molecule has 0 spiro atoms. The summed E-state index contributed by atoms with van der Waals surface area (Å²) in [6.45, 7) is 10.3. The Morgan fingerprint density at radius 2 is 2.19 bits per heavy atom. The fourth-order valence-corrected chi connectivity index (χ4v) is 2.27. The maximum Gasteiger partial charge on any atom is 0.0489 e. The van der Waals surface area contributed by atoms with Crippen LogP contribution in [0.4, 0.5) is 0 Å². The summed E-state index contributed by atoms with van der Waals surface area (Å²) in [6, 6.07) is 4.37. The predicted molar refractivity (Wildman–Crippen MR) is 71.0 cm³/mol. The van der Waals surface area contributed by atoms with Crippen LogP contribution in [0.25, 0.3) is 0 Å². The highest BCUT2D eigenvalue weighted by Gasteiger charge is 1.96. The van der Waals surface area contributed by atoms with Crippen molar-refractivity contribution in [3.05, 3.63) is 21.9 Å². The van der Waals surface area contributed by atoms with Crippen LogP contribution in [0.15, 0.2) is 12.1 Å². The molecule has 0 fully saturated rings. The molecule has 3 heteroatoms. The van der Waals surface area contributed by atoms with E-state index in [1.54, 1.807) is 0 Å². The van der Waals surface area contributed by atoms with Crippen LogP contribution in [0.3, 0.4) is 0 Å². The molecule has 0 amide bonds. The first-order valence-electron chi connectivity index (χ1n) is 6.02. The second-order valence-electron chi connectivity index (χ2n) is 4.51. The molecule has 16 heavy (non-hydrogen) atoms. The summed E-state index contributed by atoms with van der Waals surface area (Å²) in [6.07, 6.45) is 1.09.